The number of furan rings is 1. The number of nitriles is 1. The quantitative estimate of drug-likeness (QED) is 0.655. The van der Waals surface area contributed by atoms with Crippen molar-refractivity contribution in [2.45, 2.75) is 18.6 Å². The summed E-state index contributed by atoms with van der Waals surface area (Å²) < 4.78 is 10.7. The van der Waals surface area contributed by atoms with Gasteiger partial charge in [-0.05, 0) is 24.3 Å². The molecule has 1 aromatic heterocycles. The molecule has 25 heavy (non-hydrogen) atoms. The molecule has 0 aliphatic carbocycles. The Kier molecular flexibility index (Phi) is 4.97. The molecule has 1 aliphatic rings. The van der Waals surface area contributed by atoms with E-state index in [1.807, 2.05) is 11.0 Å². The maximum absolute atomic E-state index is 11.0. The summed E-state index contributed by atoms with van der Waals surface area (Å²) in [6, 6.07) is 9.62. The van der Waals surface area contributed by atoms with Crippen LogP contribution in [0.1, 0.15) is 23.8 Å². The second-order valence-electron chi connectivity index (χ2n) is 5.76. The minimum absolute atomic E-state index is 0.0133. The van der Waals surface area contributed by atoms with Gasteiger partial charge in [-0.2, -0.15) is 5.26 Å². The number of nitro groups is 1. The molecule has 1 N–H and O–H groups in total. The van der Waals surface area contributed by atoms with Crippen molar-refractivity contribution in [3.63, 3.8) is 0 Å². The van der Waals surface area contributed by atoms with E-state index >= 15 is 0 Å². The molecule has 0 saturated carbocycles. The van der Waals surface area contributed by atoms with Gasteiger partial charge in [-0.1, -0.05) is 0 Å². The third kappa shape index (κ3) is 3.63. The molecule has 0 spiro atoms. The number of anilines is 1. The first-order chi connectivity index (χ1) is 12.1. The molecule has 2 aromatic rings. The molecule has 2 atom stereocenters. The van der Waals surface area contributed by atoms with Gasteiger partial charge >= 0.3 is 0 Å². The number of ether oxygens (including phenoxy) is 1. The zero-order valence-electron chi connectivity index (χ0n) is 13.4. The molecule has 0 bridgehead atoms. The Morgan fingerprint density at radius 1 is 1.48 bits per heavy atom. The Hall–Kier alpha value is -2.89. The highest BCUT2D eigenvalue weighted by molar-refractivity contribution is 5.60. The zero-order valence-corrected chi connectivity index (χ0v) is 13.4. The van der Waals surface area contributed by atoms with Crippen LogP contribution in [-0.4, -0.2) is 35.8 Å². The molecule has 3 rings (SSSR count). The summed E-state index contributed by atoms with van der Waals surface area (Å²) >= 11 is 0. The van der Waals surface area contributed by atoms with Crippen LogP contribution < -0.4 is 4.90 Å². The van der Waals surface area contributed by atoms with Gasteiger partial charge in [0.1, 0.15) is 23.5 Å². The Morgan fingerprint density at radius 2 is 2.32 bits per heavy atom. The number of hydrogen-bond acceptors (Lipinski definition) is 7. The van der Waals surface area contributed by atoms with Crippen molar-refractivity contribution in [3.05, 3.63) is 58.0 Å². The third-order valence-electron chi connectivity index (χ3n) is 4.22. The first-order valence-corrected chi connectivity index (χ1v) is 7.84. The molecular formula is C17H17N3O5. The molecular weight excluding hydrogens is 326 g/mol. The molecule has 0 amide bonds. The van der Waals surface area contributed by atoms with Crippen LogP contribution in [0.15, 0.2) is 41.0 Å². The number of rotatable bonds is 5. The van der Waals surface area contributed by atoms with E-state index in [1.54, 1.807) is 18.2 Å². The summed E-state index contributed by atoms with van der Waals surface area (Å²) in [6.07, 6.45) is 1.10. The van der Waals surface area contributed by atoms with Crippen molar-refractivity contribution in [3.8, 4) is 6.07 Å². The van der Waals surface area contributed by atoms with Crippen LogP contribution in [0.3, 0.4) is 0 Å². The molecule has 0 unspecified atom stereocenters. The van der Waals surface area contributed by atoms with Crippen LogP contribution in [0.5, 0.6) is 0 Å². The third-order valence-corrected chi connectivity index (χ3v) is 4.22. The lowest BCUT2D eigenvalue weighted by atomic mass is 10.0. The van der Waals surface area contributed by atoms with E-state index < -0.39 is 11.0 Å². The Balaban J connectivity index is 1.83. The average Bonchev–Trinajstić information content (AvgIpc) is 3.16. The molecule has 130 valence electrons. The Morgan fingerprint density at radius 3 is 3.00 bits per heavy atom. The van der Waals surface area contributed by atoms with Gasteiger partial charge in [0.25, 0.3) is 5.69 Å². The lowest BCUT2D eigenvalue weighted by Crippen LogP contribution is -2.46. The normalized spacial score (nSPS) is 18.6. The molecule has 1 fully saturated rings. The summed E-state index contributed by atoms with van der Waals surface area (Å²) in [5.41, 5.74) is 0.494. The lowest BCUT2D eigenvalue weighted by Gasteiger charge is -2.38. The summed E-state index contributed by atoms with van der Waals surface area (Å²) in [4.78, 5) is 12.4. The van der Waals surface area contributed by atoms with Crippen LogP contribution in [0.4, 0.5) is 11.4 Å². The predicted molar refractivity (Wildman–Crippen MR) is 88.0 cm³/mol. The van der Waals surface area contributed by atoms with E-state index in [0.29, 0.717) is 37.6 Å². The molecule has 0 radical (unpaired) electrons. The van der Waals surface area contributed by atoms with E-state index in [-0.39, 0.29) is 17.3 Å². The number of nitrogens with zero attached hydrogens (tertiary/aromatic N) is 3. The van der Waals surface area contributed by atoms with Crippen molar-refractivity contribution in [2.75, 3.05) is 24.7 Å². The van der Waals surface area contributed by atoms with Crippen molar-refractivity contribution < 1.29 is 19.2 Å². The number of morpholine rings is 1. The highest BCUT2D eigenvalue weighted by Gasteiger charge is 2.28. The largest absolute Gasteiger partial charge is 0.467 e. The monoisotopic (exact) mass is 343 g/mol. The first-order valence-electron chi connectivity index (χ1n) is 7.84. The number of hydrogen-bond donors (Lipinski definition) is 1. The minimum Gasteiger partial charge on any atom is -0.467 e. The van der Waals surface area contributed by atoms with Crippen LogP contribution >= 0.6 is 0 Å². The molecule has 8 nitrogen and oxygen atoms in total. The van der Waals surface area contributed by atoms with Gasteiger partial charge in [0, 0.05) is 24.7 Å². The van der Waals surface area contributed by atoms with E-state index in [4.69, 9.17) is 9.15 Å². The SMILES string of the molecule is N#Cc1cc(N2CCOC[C@H]2C[C@H](O)c2ccco2)ccc1[N+](=O)[O-]. The van der Waals surface area contributed by atoms with Gasteiger partial charge in [-0.3, -0.25) is 10.1 Å². The lowest BCUT2D eigenvalue weighted by molar-refractivity contribution is -0.385. The summed E-state index contributed by atoms with van der Waals surface area (Å²) in [5.74, 6) is 0.479. The summed E-state index contributed by atoms with van der Waals surface area (Å²) in [6.45, 7) is 1.49. The predicted octanol–water partition coefficient (Wildman–Crippen LogP) is 2.39. The maximum atomic E-state index is 11.0. The second-order valence-corrected chi connectivity index (χ2v) is 5.76. The van der Waals surface area contributed by atoms with E-state index in [2.05, 4.69) is 0 Å². The van der Waals surface area contributed by atoms with Crippen molar-refractivity contribution in [1.29, 1.82) is 5.26 Å². The maximum Gasteiger partial charge on any atom is 0.287 e. The number of benzene rings is 1. The fourth-order valence-electron chi connectivity index (χ4n) is 3.00. The summed E-state index contributed by atoms with van der Waals surface area (Å²) in [5, 5.41) is 30.5. The Bertz CT molecular complexity index is 784. The van der Waals surface area contributed by atoms with Crippen LogP contribution in [0.25, 0.3) is 0 Å². The second kappa shape index (κ2) is 7.34. The molecule has 1 aliphatic heterocycles. The van der Waals surface area contributed by atoms with Gasteiger partial charge in [0.15, 0.2) is 0 Å². The van der Waals surface area contributed by atoms with E-state index in [9.17, 15) is 20.5 Å². The number of nitro benzene ring substituents is 1. The molecule has 1 aromatic carbocycles. The highest BCUT2D eigenvalue weighted by atomic mass is 16.6. The van der Waals surface area contributed by atoms with Crippen LogP contribution in [0, 0.1) is 21.4 Å². The van der Waals surface area contributed by atoms with Gasteiger partial charge in [0.2, 0.25) is 0 Å². The van der Waals surface area contributed by atoms with E-state index in [1.165, 1.54) is 18.4 Å². The topological polar surface area (TPSA) is 113 Å². The molecule has 8 heteroatoms. The van der Waals surface area contributed by atoms with E-state index in [0.717, 1.165) is 0 Å². The molecule has 2 heterocycles. The number of aliphatic hydroxyl groups is 1. The zero-order chi connectivity index (χ0) is 17.8. The average molecular weight is 343 g/mol. The van der Waals surface area contributed by atoms with Gasteiger partial charge in [-0.25, -0.2) is 0 Å². The smallest absolute Gasteiger partial charge is 0.287 e. The van der Waals surface area contributed by atoms with Crippen LogP contribution in [-0.2, 0) is 4.74 Å². The van der Waals surface area contributed by atoms with Crippen LogP contribution in [0.2, 0.25) is 0 Å². The van der Waals surface area contributed by atoms with Gasteiger partial charge < -0.3 is 19.2 Å². The fraction of sp³-hybridized carbons (Fsp3) is 0.353. The fourth-order valence-corrected chi connectivity index (χ4v) is 3.00. The molecule has 1 saturated heterocycles. The first kappa shape index (κ1) is 17.0. The standard InChI is InChI=1S/C17H17N3O5/c18-10-12-8-13(3-4-15(12)20(22)23)19-5-7-24-11-14(19)9-16(21)17-2-1-6-25-17/h1-4,6,8,14,16,21H,5,7,9,11H2/t14-,16+/m1/s1. The summed E-state index contributed by atoms with van der Waals surface area (Å²) in [7, 11) is 0. The highest BCUT2D eigenvalue weighted by Crippen LogP contribution is 2.30. The van der Waals surface area contributed by atoms with Crippen molar-refractivity contribution in [1.82, 2.24) is 0 Å². The Labute approximate surface area is 144 Å². The van der Waals surface area contributed by atoms with Gasteiger partial charge in [0.05, 0.1) is 30.4 Å². The minimum atomic E-state index is -0.780. The van der Waals surface area contributed by atoms with Crippen molar-refractivity contribution in [2.24, 2.45) is 0 Å². The van der Waals surface area contributed by atoms with Crippen molar-refractivity contribution >= 4 is 11.4 Å². The van der Waals surface area contributed by atoms with Gasteiger partial charge in [-0.15, -0.1) is 0 Å². The number of aliphatic hydroxyl groups excluding tert-OH is 1.